The van der Waals surface area contributed by atoms with Crippen molar-refractivity contribution in [2.24, 2.45) is 10.9 Å². The molecule has 0 spiro atoms. The standard InChI is InChI=1S/C18H17N5O6S2/c1-2-30(26)15-9-12(18(11-19)7-8-18)10-21-16(15)17(20)22-29-31(27,28)14-5-3-13(4-6-14)23(24)25/h3-6,9-10H,2,7-8H2,1H3,(H2,20,22)/t30-/m0/s1. The summed E-state index contributed by atoms with van der Waals surface area (Å²) in [6, 6.07) is 7.82. The molecule has 1 saturated carbocycles. The number of nitrogens with two attached hydrogens (primary N) is 1. The Hall–Kier alpha value is -3.21. The van der Waals surface area contributed by atoms with Crippen molar-refractivity contribution in [2.45, 2.75) is 35.0 Å². The highest BCUT2D eigenvalue weighted by atomic mass is 32.2. The molecule has 0 amide bonds. The third-order valence-corrected chi connectivity index (χ3v) is 7.14. The number of hydrogen-bond donors (Lipinski definition) is 1. The summed E-state index contributed by atoms with van der Waals surface area (Å²) < 4.78 is 41.7. The minimum atomic E-state index is -4.41. The largest absolute Gasteiger partial charge is 0.611 e. The zero-order chi connectivity index (χ0) is 22.8. The van der Waals surface area contributed by atoms with Crippen LogP contribution < -0.4 is 5.73 Å². The Balaban J connectivity index is 1.90. The van der Waals surface area contributed by atoms with Crippen LogP contribution in [0.25, 0.3) is 0 Å². The van der Waals surface area contributed by atoms with Gasteiger partial charge < -0.3 is 10.3 Å². The normalized spacial score (nSPS) is 16.2. The Labute approximate surface area is 181 Å². The van der Waals surface area contributed by atoms with Crippen LogP contribution in [-0.2, 0) is 31.0 Å². The number of non-ortho nitro benzene ring substituents is 1. The molecule has 1 aliphatic rings. The SMILES string of the molecule is CC[S@+]([O-])c1cc(C2(C#N)CC2)cnc1/C(N)=N/OS(=O)(=O)c1ccc([N+](=O)[O-])cc1. The van der Waals surface area contributed by atoms with Crippen LogP contribution in [0.3, 0.4) is 0 Å². The van der Waals surface area contributed by atoms with Crippen molar-refractivity contribution in [3.8, 4) is 6.07 Å². The first-order valence-electron chi connectivity index (χ1n) is 8.95. The average Bonchev–Trinajstić information content (AvgIpc) is 3.58. The Kier molecular flexibility index (Phi) is 6.16. The van der Waals surface area contributed by atoms with Gasteiger partial charge >= 0.3 is 10.1 Å². The molecule has 0 bridgehead atoms. The molecule has 11 nitrogen and oxygen atoms in total. The molecule has 2 N–H and O–H groups in total. The van der Waals surface area contributed by atoms with Gasteiger partial charge in [0.05, 0.1) is 16.4 Å². The summed E-state index contributed by atoms with van der Waals surface area (Å²) in [5.74, 6) is -0.178. The lowest BCUT2D eigenvalue weighted by Crippen LogP contribution is -2.22. The van der Waals surface area contributed by atoms with Gasteiger partial charge in [-0.3, -0.25) is 14.4 Å². The second kappa shape index (κ2) is 8.50. The third-order valence-electron chi connectivity index (χ3n) is 4.69. The summed E-state index contributed by atoms with van der Waals surface area (Å²) in [6.45, 7) is 1.69. The van der Waals surface area contributed by atoms with E-state index in [4.69, 9.17) is 5.73 Å². The smallest absolute Gasteiger partial charge is 0.358 e. The summed E-state index contributed by atoms with van der Waals surface area (Å²) in [4.78, 5) is 14.0. The van der Waals surface area contributed by atoms with Crippen LogP contribution in [0.1, 0.15) is 31.0 Å². The van der Waals surface area contributed by atoms with Crippen LogP contribution in [0.4, 0.5) is 5.69 Å². The second-order valence-electron chi connectivity index (χ2n) is 6.66. The molecule has 1 aliphatic carbocycles. The third kappa shape index (κ3) is 4.61. The number of aromatic nitrogens is 1. The molecular weight excluding hydrogens is 446 g/mol. The van der Waals surface area contributed by atoms with E-state index < -0.39 is 37.5 Å². The molecule has 162 valence electrons. The van der Waals surface area contributed by atoms with Gasteiger partial charge in [0.1, 0.15) is 10.6 Å². The van der Waals surface area contributed by atoms with Crippen LogP contribution in [0, 0.1) is 21.4 Å². The number of amidine groups is 1. The van der Waals surface area contributed by atoms with Gasteiger partial charge in [-0.15, -0.1) is 0 Å². The number of rotatable bonds is 8. The molecule has 1 aromatic carbocycles. The van der Waals surface area contributed by atoms with Crippen molar-refractivity contribution in [1.82, 2.24) is 4.98 Å². The van der Waals surface area contributed by atoms with Crippen molar-refractivity contribution >= 4 is 32.8 Å². The fourth-order valence-electron chi connectivity index (χ4n) is 2.73. The summed E-state index contributed by atoms with van der Waals surface area (Å²) in [5.41, 5.74) is 5.51. The first kappa shape index (κ1) is 22.5. The number of hydrogen-bond acceptors (Lipinski definition) is 9. The van der Waals surface area contributed by atoms with Crippen molar-refractivity contribution in [1.29, 1.82) is 5.26 Å². The molecule has 1 fully saturated rings. The lowest BCUT2D eigenvalue weighted by atomic mass is 9.99. The van der Waals surface area contributed by atoms with Crippen LogP contribution in [0.15, 0.2) is 51.5 Å². The molecule has 0 saturated heterocycles. The van der Waals surface area contributed by atoms with Crippen LogP contribution in [-0.4, -0.2) is 34.5 Å². The highest BCUT2D eigenvalue weighted by Gasteiger charge is 2.46. The maximum absolute atomic E-state index is 12.5. The Morgan fingerprint density at radius 3 is 2.58 bits per heavy atom. The monoisotopic (exact) mass is 463 g/mol. The summed E-state index contributed by atoms with van der Waals surface area (Å²) in [5, 5.41) is 23.5. The average molecular weight is 463 g/mol. The molecule has 0 aliphatic heterocycles. The van der Waals surface area contributed by atoms with Gasteiger partial charge in [0.25, 0.3) is 5.69 Å². The first-order chi connectivity index (χ1) is 14.6. The predicted octanol–water partition coefficient (Wildman–Crippen LogP) is 1.70. The number of benzene rings is 1. The van der Waals surface area contributed by atoms with Gasteiger partial charge in [-0.1, -0.05) is 0 Å². The molecule has 13 heteroatoms. The molecule has 3 rings (SSSR count). The Morgan fingerprint density at radius 1 is 1.42 bits per heavy atom. The number of nitriles is 1. The summed E-state index contributed by atoms with van der Waals surface area (Å²) >= 11 is -1.51. The molecule has 2 aromatic rings. The molecule has 1 aromatic heterocycles. The summed E-state index contributed by atoms with van der Waals surface area (Å²) in [7, 11) is -4.41. The maximum Gasteiger partial charge on any atom is 0.358 e. The fourth-order valence-corrected chi connectivity index (χ4v) is 4.40. The Morgan fingerprint density at radius 2 is 2.06 bits per heavy atom. The van der Waals surface area contributed by atoms with Crippen LogP contribution in [0.2, 0.25) is 0 Å². The molecule has 0 radical (unpaired) electrons. The number of nitrogens with zero attached hydrogens (tertiary/aromatic N) is 4. The van der Waals surface area contributed by atoms with E-state index in [-0.39, 0.29) is 26.9 Å². The molecule has 0 unspecified atom stereocenters. The Bertz CT molecular complexity index is 1190. The highest BCUT2D eigenvalue weighted by molar-refractivity contribution is 7.91. The fraction of sp³-hybridized carbons (Fsp3) is 0.278. The van der Waals surface area contributed by atoms with Crippen molar-refractivity contribution in [3.05, 3.63) is 57.9 Å². The minimum absolute atomic E-state index is 0.0171. The quantitative estimate of drug-likeness (QED) is 0.200. The van der Waals surface area contributed by atoms with Gasteiger partial charge in [-0.05, 0) is 53.8 Å². The molecule has 31 heavy (non-hydrogen) atoms. The van der Waals surface area contributed by atoms with E-state index in [2.05, 4.69) is 20.5 Å². The highest BCUT2D eigenvalue weighted by Crippen LogP contribution is 2.47. The van der Waals surface area contributed by atoms with Gasteiger partial charge in [-0.2, -0.15) is 13.7 Å². The van der Waals surface area contributed by atoms with Crippen molar-refractivity contribution in [2.75, 3.05) is 5.75 Å². The van der Waals surface area contributed by atoms with Gasteiger partial charge in [0.15, 0.2) is 16.4 Å². The van der Waals surface area contributed by atoms with Crippen molar-refractivity contribution < 1.29 is 22.2 Å². The van der Waals surface area contributed by atoms with Crippen LogP contribution in [0.5, 0.6) is 0 Å². The van der Waals surface area contributed by atoms with E-state index in [1.807, 2.05) is 0 Å². The number of pyridine rings is 1. The molecule has 1 heterocycles. The lowest BCUT2D eigenvalue weighted by Gasteiger charge is -2.14. The number of oxime groups is 1. The molecule has 1 atom stereocenters. The number of nitro groups is 1. The summed E-state index contributed by atoms with van der Waals surface area (Å²) in [6.07, 6.45) is 2.76. The van der Waals surface area contributed by atoms with E-state index in [1.54, 1.807) is 13.0 Å². The van der Waals surface area contributed by atoms with E-state index in [0.717, 1.165) is 24.3 Å². The second-order valence-corrected chi connectivity index (χ2v) is 9.89. The van der Waals surface area contributed by atoms with E-state index in [9.17, 15) is 28.3 Å². The topological polar surface area (TPSA) is 185 Å². The minimum Gasteiger partial charge on any atom is -0.611 e. The lowest BCUT2D eigenvalue weighted by molar-refractivity contribution is -0.384. The predicted molar refractivity (Wildman–Crippen MR) is 110 cm³/mol. The maximum atomic E-state index is 12.5. The number of nitro benzene ring substituents is 1. The van der Waals surface area contributed by atoms with Gasteiger partial charge in [-0.25, -0.2) is 4.98 Å². The van der Waals surface area contributed by atoms with Gasteiger partial charge in [0, 0.05) is 24.4 Å². The first-order valence-corrected chi connectivity index (χ1v) is 11.7. The van der Waals surface area contributed by atoms with E-state index in [1.165, 1.54) is 6.20 Å². The van der Waals surface area contributed by atoms with E-state index in [0.29, 0.717) is 18.4 Å². The van der Waals surface area contributed by atoms with Crippen molar-refractivity contribution in [3.63, 3.8) is 0 Å². The zero-order valence-electron chi connectivity index (χ0n) is 16.2. The van der Waals surface area contributed by atoms with Crippen LogP contribution >= 0.6 is 0 Å². The van der Waals surface area contributed by atoms with E-state index >= 15 is 0 Å². The van der Waals surface area contributed by atoms with Gasteiger partial charge in [0.2, 0.25) is 0 Å². The molecular formula is C18H17N5O6S2. The zero-order valence-corrected chi connectivity index (χ0v) is 17.9.